The predicted molar refractivity (Wildman–Crippen MR) is 105 cm³/mol. The first kappa shape index (κ1) is 22.9. The summed E-state index contributed by atoms with van der Waals surface area (Å²) in [6, 6.07) is 6.27. The molecule has 1 heterocycles. The molecular formula is C17H29ClN4O3S. The van der Waals surface area contributed by atoms with Crippen LogP contribution in [0.4, 0.5) is 0 Å². The molecule has 0 aliphatic carbocycles. The summed E-state index contributed by atoms with van der Waals surface area (Å²) in [7, 11) is -1.75. The second-order valence-corrected chi connectivity index (χ2v) is 8.20. The number of amides is 1. The van der Waals surface area contributed by atoms with Gasteiger partial charge in [-0.2, -0.15) is 0 Å². The van der Waals surface area contributed by atoms with Crippen LogP contribution in [0.5, 0.6) is 0 Å². The molecule has 9 heteroatoms. The maximum absolute atomic E-state index is 12.6. The highest BCUT2D eigenvalue weighted by Crippen LogP contribution is 2.17. The topological polar surface area (TPSA) is 105 Å². The molecule has 1 fully saturated rings. The van der Waals surface area contributed by atoms with Crippen molar-refractivity contribution in [2.24, 2.45) is 5.14 Å². The fourth-order valence-electron chi connectivity index (χ4n) is 3.12. The maximum Gasteiger partial charge on any atom is 0.238 e. The number of piperidine rings is 1. The fourth-order valence-corrected chi connectivity index (χ4v) is 3.64. The number of hydrogen-bond donors (Lipinski definition) is 3. The largest absolute Gasteiger partial charge is 0.348 e. The number of carbonyl (C=O) groups is 1. The van der Waals surface area contributed by atoms with E-state index in [-0.39, 0.29) is 35.3 Å². The van der Waals surface area contributed by atoms with Crippen LogP contribution < -0.4 is 15.8 Å². The predicted octanol–water partition coefficient (Wildman–Crippen LogP) is 1.01. The van der Waals surface area contributed by atoms with Crippen LogP contribution in [0, 0.1) is 0 Å². The Labute approximate surface area is 162 Å². The fraction of sp³-hybridized carbons (Fsp3) is 0.588. The average Bonchev–Trinajstić information content (AvgIpc) is 2.60. The Bertz CT molecular complexity index is 696. The van der Waals surface area contributed by atoms with Crippen LogP contribution in [0.1, 0.15) is 38.3 Å². The van der Waals surface area contributed by atoms with E-state index in [1.165, 1.54) is 12.1 Å². The number of primary sulfonamides is 1. The maximum atomic E-state index is 12.6. The molecular weight excluding hydrogens is 376 g/mol. The van der Waals surface area contributed by atoms with Gasteiger partial charge in [0.1, 0.15) is 0 Å². The van der Waals surface area contributed by atoms with E-state index < -0.39 is 10.0 Å². The Morgan fingerprint density at radius 3 is 2.42 bits per heavy atom. The molecule has 0 aromatic heterocycles. The van der Waals surface area contributed by atoms with Crippen LogP contribution in [0.2, 0.25) is 0 Å². The van der Waals surface area contributed by atoms with Crippen molar-refractivity contribution in [3.05, 3.63) is 29.8 Å². The van der Waals surface area contributed by atoms with Crippen LogP contribution in [-0.4, -0.2) is 51.4 Å². The van der Waals surface area contributed by atoms with Gasteiger partial charge in [-0.25, -0.2) is 13.6 Å². The van der Waals surface area contributed by atoms with Crippen molar-refractivity contribution in [1.29, 1.82) is 0 Å². The molecule has 1 aromatic rings. The van der Waals surface area contributed by atoms with Gasteiger partial charge in [-0.15, -0.1) is 12.4 Å². The summed E-state index contributed by atoms with van der Waals surface area (Å²) < 4.78 is 22.6. The van der Waals surface area contributed by atoms with Gasteiger partial charge in [-0.05, 0) is 58.0 Å². The Morgan fingerprint density at radius 2 is 1.88 bits per heavy atom. The van der Waals surface area contributed by atoms with Gasteiger partial charge in [0.15, 0.2) is 0 Å². The summed E-state index contributed by atoms with van der Waals surface area (Å²) >= 11 is 0. The molecule has 148 valence electrons. The van der Waals surface area contributed by atoms with Crippen LogP contribution in [0.3, 0.4) is 0 Å². The number of carbonyl (C=O) groups excluding carboxylic acids is 1. The lowest BCUT2D eigenvalue weighted by molar-refractivity contribution is -0.127. The van der Waals surface area contributed by atoms with E-state index in [1.807, 2.05) is 20.9 Å². The van der Waals surface area contributed by atoms with Gasteiger partial charge < -0.3 is 10.6 Å². The molecule has 1 saturated heterocycles. The van der Waals surface area contributed by atoms with E-state index >= 15 is 0 Å². The van der Waals surface area contributed by atoms with E-state index in [9.17, 15) is 13.2 Å². The number of likely N-dealkylation sites (N-methyl/N-ethyl adjacent to an activating group) is 1. The van der Waals surface area contributed by atoms with Gasteiger partial charge >= 0.3 is 0 Å². The zero-order valence-corrected chi connectivity index (χ0v) is 17.1. The van der Waals surface area contributed by atoms with E-state index in [1.54, 1.807) is 12.1 Å². The number of sulfonamides is 1. The molecule has 1 aliphatic rings. The lowest BCUT2D eigenvalue weighted by atomic mass is 10.0. The van der Waals surface area contributed by atoms with Crippen molar-refractivity contribution in [3.8, 4) is 0 Å². The number of nitrogens with zero attached hydrogens (tertiary/aromatic N) is 1. The minimum absolute atomic E-state index is 0. The summed E-state index contributed by atoms with van der Waals surface area (Å²) in [5.41, 5.74) is 0.833. The summed E-state index contributed by atoms with van der Waals surface area (Å²) in [5, 5.41) is 11.4. The van der Waals surface area contributed by atoms with Crippen molar-refractivity contribution in [2.45, 2.75) is 49.7 Å². The van der Waals surface area contributed by atoms with E-state index in [2.05, 4.69) is 15.5 Å². The van der Waals surface area contributed by atoms with Gasteiger partial charge in [0, 0.05) is 12.6 Å². The minimum atomic E-state index is -3.70. The number of benzene rings is 1. The lowest BCUT2D eigenvalue weighted by Gasteiger charge is -2.36. The highest BCUT2D eigenvalue weighted by atomic mass is 35.5. The van der Waals surface area contributed by atoms with Crippen molar-refractivity contribution in [3.63, 3.8) is 0 Å². The zero-order valence-electron chi connectivity index (χ0n) is 15.4. The first-order chi connectivity index (χ1) is 11.7. The molecule has 0 bridgehead atoms. The molecule has 1 aromatic carbocycles. The number of nitrogens with one attached hydrogen (secondary N) is 2. The SMILES string of the molecule is CNC1CCCN(C(C)C(=O)NC(C)c2ccc(S(N)(=O)=O)cc2)C1.Cl. The normalized spacial score (nSPS) is 20.7. The smallest absolute Gasteiger partial charge is 0.238 e. The first-order valence-electron chi connectivity index (χ1n) is 8.57. The summed E-state index contributed by atoms with van der Waals surface area (Å²) in [6.45, 7) is 5.58. The Hall–Kier alpha value is -1.19. The number of nitrogens with two attached hydrogens (primary N) is 1. The average molecular weight is 405 g/mol. The number of rotatable bonds is 6. The molecule has 2 rings (SSSR count). The van der Waals surface area contributed by atoms with Crippen molar-refractivity contribution in [1.82, 2.24) is 15.5 Å². The van der Waals surface area contributed by atoms with Crippen LogP contribution in [0.25, 0.3) is 0 Å². The standard InChI is InChI=1S/C17H28N4O3S.ClH/c1-12(14-6-8-16(9-7-14)25(18,23)24)20-17(22)13(2)21-10-4-5-15(11-21)19-3;/h6-9,12-13,15,19H,4-5,10-11H2,1-3H3,(H,20,22)(H2,18,23,24);1H. The second-order valence-electron chi connectivity index (χ2n) is 6.64. The van der Waals surface area contributed by atoms with Crippen molar-refractivity contribution < 1.29 is 13.2 Å². The van der Waals surface area contributed by atoms with E-state index in [0.29, 0.717) is 6.04 Å². The third-order valence-electron chi connectivity index (χ3n) is 4.86. The molecule has 26 heavy (non-hydrogen) atoms. The van der Waals surface area contributed by atoms with Crippen LogP contribution in [-0.2, 0) is 14.8 Å². The van der Waals surface area contributed by atoms with Gasteiger partial charge in [-0.3, -0.25) is 9.69 Å². The highest BCUT2D eigenvalue weighted by Gasteiger charge is 2.27. The number of hydrogen-bond acceptors (Lipinski definition) is 5. The third kappa shape index (κ3) is 5.92. The highest BCUT2D eigenvalue weighted by molar-refractivity contribution is 7.89. The van der Waals surface area contributed by atoms with Gasteiger partial charge in [0.05, 0.1) is 17.0 Å². The number of halogens is 1. The van der Waals surface area contributed by atoms with Crippen molar-refractivity contribution in [2.75, 3.05) is 20.1 Å². The molecule has 1 amide bonds. The quantitative estimate of drug-likeness (QED) is 0.656. The molecule has 3 unspecified atom stereocenters. The summed E-state index contributed by atoms with van der Waals surface area (Å²) in [4.78, 5) is 14.8. The second kappa shape index (κ2) is 9.66. The van der Waals surface area contributed by atoms with Crippen molar-refractivity contribution >= 4 is 28.3 Å². The first-order valence-corrected chi connectivity index (χ1v) is 10.1. The molecule has 4 N–H and O–H groups in total. The Balaban J connectivity index is 0.00000338. The Kier molecular flexibility index (Phi) is 8.49. The molecule has 1 aliphatic heterocycles. The van der Waals surface area contributed by atoms with Crippen LogP contribution in [0.15, 0.2) is 29.2 Å². The van der Waals surface area contributed by atoms with E-state index in [0.717, 1.165) is 31.5 Å². The van der Waals surface area contributed by atoms with Gasteiger partial charge in [-0.1, -0.05) is 12.1 Å². The summed E-state index contributed by atoms with van der Waals surface area (Å²) in [5.74, 6) is -0.0280. The monoisotopic (exact) mass is 404 g/mol. The van der Waals surface area contributed by atoms with Gasteiger partial charge in [0.2, 0.25) is 15.9 Å². The molecule has 3 atom stereocenters. The zero-order chi connectivity index (χ0) is 18.6. The van der Waals surface area contributed by atoms with Gasteiger partial charge in [0.25, 0.3) is 0 Å². The minimum Gasteiger partial charge on any atom is -0.348 e. The number of likely N-dealkylation sites (tertiary alicyclic amines) is 1. The lowest BCUT2D eigenvalue weighted by Crippen LogP contribution is -2.52. The molecule has 0 spiro atoms. The molecule has 0 radical (unpaired) electrons. The summed E-state index contributed by atoms with van der Waals surface area (Å²) in [6.07, 6.45) is 2.21. The molecule has 0 saturated carbocycles. The Morgan fingerprint density at radius 1 is 1.27 bits per heavy atom. The molecule has 7 nitrogen and oxygen atoms in total. The third-order valence-corrected chi connectivity index (χ3v) is 5.78. The van der Waals surface area contributed by atoms with E-state index in [4.69, 9.17) is 5.14 Å². The van der Waals surface area contributed by atoms with Crippen LogP contribution >= 0.6 is 12.4 Å².